The molecule has 2 aliphatic heterocycles. The fourth-order valence-corrected chi connectivity index (χ4v) is 5.00. The number of benzene rings is 2. The quantitative estimate of drug-likeness (QED) is 0.672. The summed E-state index contributed by atoms with van der Waals surface area (Å²) in [5, 5.41) is 11.3. The van der Waals surface area contributed by atoms with Gasteiger partial charge in [-0.2, -0.15) is 5.26 Å². The average molecular weight is 420 g/mol. The summed E-state index contributed by atoms with van der Waals surface area (Å²) in [5.74, 6) is -0.109. The molecular formula is C25H29N3O3. The average Bonchev–Trinajstić information content (AvgIpc) is 3.46. The summed E-state index contributed by atoms with van der Waals surface area (Å²) < 4.78 is 4.80. The summed E-state index contributed by atoms with van der Waals surface area (Å²) in [5.41, 5.74) is 1.93. The second kappa shape index (κ2) is 9.49. The Balaban J connectivity index is 1.39. The second-order valence-corrected chi connectivity index (χ2v) is 8.58. The summed E-state index contributed by atoms with van der Waals surface area (Å²) in [6.45, 7) is 1.77. The monoisotopic (exact) mass is 419 g/mol. The van der Waals surface area contributed by atoms with E-state index >= 15 is 0 Å². The normalized spacial score (nSPS) is 21.4. The number of likely N-dealkylation sites (tertiary alicyclic amines) is 2. The lowest BCUT2D eigenvalue weighted by atomic mass is 9.99. The molecule has 6 nitrogen and oxygen atoms in total. The molecule has 2 aliphatic rings. The van der Waals surface area contributed by atoms with Gasteiger partial charge in [-0.3, -0.25) is 14.5 Å². The lowest BCUT2D eigenvalue weighted by Gasteiger charge is -2.31. The minimum absolute atomic E-state index is 0.173. The van der Waals surface area contributed by atoms with Crippen molar-refractivity contribution < 1.29 is 14.3 Å². The summed E-state index contributed by atoms with van der Waals surface area (Å²) in [6, 6.07) is 14.4. The molecule has 0 unspecified atom stereocenters. The number of aryl methyl sites for hydroxylation is 1. The van der Waals surface area contributed by atoms with E-state index < -0.39 is 0 Å². The standard InChI is InChI=1S/C25H29N3O3/c1-31-24(29)17-27-12-3-5-23(27)25(30)28-13-2-4-22(28)11-8-18-6-9-21-15-19(16-26)7-10-20(21)14-18/h6-7,9-10,14-15,22-23H,2-5,8,11-13,17H2,1H3/t22-,23-/m1/s1. The number of hydrogen-bond donors (Lipinski definition) is 0. The van der Waals surface area contributed by atoms with Crippen molar-refractivity contribution in [3.05, 3.63) is 47.5 Å². The van der Waals surface area contributed by atoms with Gasteiger partial charge < -0.3 is 9.64 Å². The van der Waals surface area contributed by atoms with Gasteiger partial charge in [0.05, 0.1) is 31.3 Å². The first kappa shape index (κ1) is 21.3. The van der Waals surface area contributed by atoms with Crippen LogP contribution in [0.25, 0.3) is 10.8 Å². The van der Waals surface area contributed by atoms with Crippen molar-refractivity contribution in [1.82, 2.24) is 9.80 Å². The predicted octanol–water partition coefficient (Wildman–Crippen LogP) is 3.27. The molecule has 2 aromatic carbocycles. The molecule has 0 aliphatic carbocycles. The topological polar surface area (TPSA) is 73.6 Å². The van der Waals surface area contributed by atoms with Crippen LogP contribution < -0.4 is 0 Å². The summed E-state index contributed by atoms with van der Waals surface area (Å²) in [6.07, 6.45) is 5.69. The van der Waals surface area contributed by atoms with Crippen LogP contribution in [0.4, 0.5) is 0 Å². The first-order chi connectivity index (χ1) is 15.1. The van der Waals surface area contributed by atoms with Gasteiger partial charge in [0.2, 0.25) is 5.91 Å². The van der Waals surface area contributed by atoms with Crippen molar-refractivity contribution in [2.24, 2.45) is 0 Å². The van der Waals surface area contributed by atoms with Gasteiger partial charge in [0.1, 0.15) is 0 Å². The minimum atomic E-state index is -0.282. The van der Waals surface area contributed by atoms with Crippen LogP contribution >= 0.6 is 0 Å². The second-order valence-electron chi connectivity index (χ2n) is 8.58. The van der Waals surface area contributed by atoms with Crippen molar-refractivity contribution in [3.8, 4) is 6.07 Å². The molecule has 4 rings (SSSR count). The molecule has 2 heterocycles. The van der Waals surface area contributed by atoms with Crippen LogP contribution in [0.5, 0.6) is 0 Å². The van der Waals surface area contributed by atoms with Crippen LogP contribution in [-0.2, 0) is 20.7 Å². The Morgan fingerprint density at radius 2 is 1.87 bits per heavy atom. The van der Waals surface area contributed by atoms with Gasteiger partial charge in [-0.05, 0) is 73.5 Å². The predicted molar refractivity (Wildman–Crippen MR) is 118 cm³/mol. The number of methoxy groups -OCH3 is 1. The summed E-state index contributed by atoms with van der Waals surface area (Å²) in [7, 11) is 1.39. The molecule has 2 saturated heterocycles. The van der Waals surface area contributed by atoms with Crippen LogP contribution in [0, 0.1) is 11.3 Å². The van der Waals surface area contributed by atoms with E-state index in [1.54, 1.807) is 0 Å². The number of ether oxygens (including phenoxy) is 1. The lowest BCUT2D eigenvalue weighted by Crippen LogP contribution is -2.48. The van der Waals surface area contributed by atoms with Crippen LogP contribution in [0.1, 0.15) is 43.2 Å². The molecule has 0 N–H and O–H groups in total. The van der Waals surface area contributed by atoms with E-state index in [0.29, 0.717) is 5.56 Å². The van der Waals surface area contributed by atoms with E-state index in [0.717, 1.165) is 62.4 Å². The van der Waals surface area contributed by atoms with Crippen LogP contribution in [0.3, 0.4) is 0 Å². The minimum Gasteiger partial charge on any atom is -0.468 e. The zero-order valence-corrected chi connectivity index (χ0v) is 18.0. The lowest BCUT2D eigenvalue weighted by molar-refractivity contribution is -0.144. The van der Waals surface area contributed by atoms with Gasteiger partial charge in [0.15, 0.2) is 0 Å². The number of carbonyl (C=O) groups is 2. The number of fused-ring (bicyclic) bond motifs is 1. The van der Waals surface area contributed by atoms with Crippen molar-refractivity contribution in [2.75, 3.05) is 26.7 Å². The van der Waals surface area contributed by atoms with Crippen LogP contribution in [0.15, 0.2) is 36.4 Å². The number of rotatable bonds is 6. The van der Waals surface area contributed by atoms with E-state index in [1.165, 1.54) is 12.7 Å². The molecule has 162 valence electrons. The number of esters is 1. The third kappa shape index (κ3) is 4.72. The SMILES string of the molecule is COC(=O)CN1CCC[C@@H]1C(=O)N1CCC[C@@H]1CCc1ccc2cc(C#N)ccc2c1. The molecule has 1 amide bonds. The maximum atomic E-state index is 13.3. The fraction of sp³-hybridized carbons (Fsp3) is 0.480. The Labute approximate surface area is 183 Å². The smallest absolute Gasteiger partial charge is 0.319 e. The zero-order chi connectivity index (χ0) is 21.8. The highest BCUT2D eigenvalue weighted by Gasteiger charge is 2.38. The first-order valence-electron chi connectivity index (χ1n) is 11.1. The van der Waals surface area contributed by atoms with Crippen molar-refractivity contribution in [1.29, 1.82) is 5.26 Å². The van der Waals surface area contributed by atoms with Gasteiger partial charge in [-0.15, -0.1) is 0 Å². The highest BCUT2D eigenvalue weighted by atomic mass is 16.5. The maximum absolute atomic E-state index is 13.3. The number of hydrogen-bond acceptors (Lipinski definition) is 5. The molecule has 2 fully saturated rings. The van der Waals surface area contributed by atoms with Crippen molar-refractivity contribution in [3.63, 3.8) is 0 Å². The van der Waals surface area contributed by atoms with Gasteiger partial charge in [-0.1, -0.05) is 24.3 Å². The zero-order valence-electron chi connectivity index (χ0n) is 18.0. The van der Waals surface area contributed by atoms with Gasteiger partial charge in [-0.25, -0.2) is 0 Å². The van der Waals surface area contributed by atoms with Gasteiger partial charge in [0, 0.05) is 12.6 Å². The summed E-state index contributed by atoms with van der Waals surface area (Å²) >= 11 is 0. The number of carbonyl (C=O) groups excluding carboxylic acids is 2. The molecule has 2 aromatic rings. The van der Waals surface area contributed by atoms with Crippen molar-refractivity contribution in [2.45, 2.75) is 50.6 Å². The Hall–Kier alpha value is -2.91. The van der Waals surface area contributed by atoms with Gasteiger partial charge in [0.25, 0.3) is 0 Å². The fourth-order valence-electron chi connectivity index (χ4n) is 5.00. The number of nitriles is 1. The molecule has 0 spiro atoms. The number of nitrogens with zero attached hydrogens (tertiary/aromatic N) is 3. The maximum Gasteiger partial charge on any atom is 0.319 e. The van der Waals surface area contributed by atoms with Gasteiger partial charge >= 0.3 is 5.97 Å². The molecule has 6 heteroatoms. The van der Waals surface area contributed by atoms with Crippen molar-refractivity contribution >= 4 is 22.6 Å². The third-order valence-electron chi connectivity index (χ3n) is 6.67. The number of amides is 1. The highest BCUT2D eigenvalue weighted by Crippen LogP contribution is 2.27. The van der Waals surface area contributed by atoms with E-state index in [9.17, 15) is 9.59 Å². The highest BCUT2D eigenvalue weighted by molar-refractivity contribution is 5.85. The molecule has 0 radical (unpaired) electrons. The largest absolute Gasteiger partial charge is 0.468 e. The Kier molecular flexibility index (Phi) is 6.53. The molecular weight excluding hydrogens is 390 g/mol. The van der Waals surface area contributed by atoms with E-state index in [4.69, 9.17) is 10.00 Å². The Morgan fingerprint density at radius 1 is 1.10 bits per heavy atom. The van der Waals surface area contributed by atoms with E-state index in [-0.39, 0.29) is 30.5 Å². The van der Waals surface area contributed by atoms with E-state index in [2.05, 4.69) is 29.2 Å². The summed E-state index contributed by atoms with van der Waals surface area (Å²) in [4.78, 5) is 29.0. The molecule has 0 bridgehead atoms. The first-order valence-corrected chi connectivity index (χ1v) is 11.1. The molecule has 2 atom stereocenters. The third-order valence-corrected chi connectivity index (χ3v) is 6.67. The van der Waals surface area contributed by atoms with E-state index in [1.807, 2.05) is 23.1 Å². The molecule has 0 saturated carbocycles. The van der Waals surface area contributed by atoms with Crippen LogP contribution in [0.2, 0.25) is 0 Å². The Bertz CT molecular complexity index is 1010. The van der Waals surface area contributed by atoms with Crippen LogP contribution in [-0.4, -0.2) is 60.5 Å². The Morgan fingerprint density at radius 3 is 2.68 bits per heavy atom. The molecule has 31 heavy (non-hydrogen) atoms. The molecule has 0 aromatic heterocycles.